The molecule has 0 bridgehead atoms. The number of hydrogen-bond donors (Lipinski definition) is 1. The third kappa shape index (κ3) is 5.79. The third-order valence-corrected chi connectivity index (χ3v) is 6.41. The molecule has 0 unspecified atom stereocenters. The Morgan fingerprint density at radius 2 is 1.09 bits per heavy atom. The quantitative estimate of drug-likeness (QED) is 0.341. The Morgan fingerprint density at radius 1 is 0.636 bits per heavy atom. The van der Waals surface area contributed by atoms with Crippen LogP contribution in [0.1, 0.15) is 30.5 Å². The van der Waals surface area contributed by atoms with Crippen molar-refractivity contribution in [3.8, 4) is 23.0 Å². The molecule has 1 N–H and O–H groups in total. The molecule has 4 rings (SSSR count). The van der Waals surface area contributed by atoms with Gasteiger partial charge in [-0.15, -0.1) is 22.7 Å². The molecule has 8 heteroatoms. The molecule has 170 valence electrons. The van der Waals surface area contributed by atoms with Crippen LogP contribution in [0, 0.1) is 0 Å². The molecule has 2 aromatic carbocycles. The number of methoxy groups -OCH3 is 3. The zero-order valence-electron chi connectivity index (χ0n) is 18.2. The normalized spacial score (nSPS) is 10.0. The highest BCUT2D eigenvalue weighted by Crippen LogP contribution is 2.28. The summed E-state index contributed by atoms with van der Waals surface area (Å²) in [6.45, 7) is 0. The summed E-state index contributed by atoms with van der Waals surface area (Å²) in [4.78, 5) is 25.1. The standard InChI is InChI=1S/C13H12O3S.C12H10O3S/c1-15-10-5-3-9(4-6-10)12(14)13-11(16-2)7-8-17-13;1-15-9-4-2-8(3-5-9)11(14)12-10(13)6-7-16-12/h3-8H,1-2H3;2-7,13H,1H3. The molecule has 0 aliphatic rings. The summed E-state index contributed by atoms with van der Waals surface area (Å²) >= 11 is 2.61. The van der Waals surface area contributed by atoms with E-state index in [4.69, 9.17) is 14.2 Å². The first-order valence-electron chi connectivity index (χ1n) is 9.74. The molecule has 6 nitrogen and oxygen atoms in total. The molecule has 0 aliphatic heterocycles. The van der Waals surface area contributed by atoms with Crippen LogP contribution in [-0.2, 0) is 0 Å². The Balaban J connectivity index is 0.000000186. The molecule has 0 fully saturated rings. The van der Waals surface area contributed by atoms with Crippen LogP contribution in [0.15, 0.2) is 71.4 Å². The Kier molecular flexibility index (Phi) is 8.23. The first kappa shape index (κ1) is 24.0. The van der Waals surface area contributed by atoms with Crippen LogP contribution < -0.4 is 14.2 Å². The van der Waals surface area contributed by atoms with Gasteiger partial charge in [0.2, 0.25) is 11.6 Å². The van der Waals surface area contributed by atoms with Crippen molar-refractivity contribution in [1.29, 1.82) is 0 Å². The smallest absolute Gasteiger partial charge is 0.206 e. The van der Waals surface area contributed by atoms with Crippen molar-refractivity contribution in [3.05, 3.63) is 92.3 Å². The van der Waals surface area contributed by atoms with Gasteiger partial charge < -0.3 is 19.3 Å². The van der Waals surface area contributed by atoms with Crippen LogP contribution in [-0.4, -0.2) is 38.0 Å². The number of carbonyl (C=O) groups is 2. The van der Waals surface area contributed by atoms with Gasteiger partial charge in [0, 0.05) is 11.1 Å². The lowest BCUT2D eigenvalue weighted by molar-refractivity contribution is 0.103. The van der Waals surface area contributed by atoms with E-state index in [9.17, 15) is 14.7 Å². The number of benzene rings is 2. The van der Waals surface area contributed by atoms with E-state index in [1.807, 2.05) is 5.38 Å². The molecule has 4 aromatic rings. The molecule has 33 heavy (non-hydrogen) atoms. The highest BCUT2D eigenvalue weighted by atomic mass is 32.1. The Morgan fingerprint density at radius 3 is 1.52 bits per heavy atom. The fraction of sp³-hybridized carbons (Fsp3) is 0.120. The number of ketones is 2. The predicted molar refractivity (Wildman–Crippen MR) is 130 cm³/mol. The average molecular weight is 483 g/mol. The zero-order valence-corrected chi connectivity index (χ0v) is 19.9. The van der Waals surface area contributed by atoms with Crippen LogP contribution in [0.25, 0.3) is 0 Å². The lowest BCUT2D eigenvalue weighted by atomic mass is 10.1. The van der Waals surface area contributed by atoms with Crippen molar-refractivity contribution in [2.75, 3.05) is 21.3 Å². The van der Waals surface area contributed by atoms with E-state index in [1.54, 1.807) is 81.3 Å². The van der Waals surface area contributed by atoms with E-state index in [0.717, 1.165) is 5.75 Å². The Hall–Kier alpha value is -3.62. The van der Waals surface area contributed by atoms with E-state index in [0.29, 0.717) is 32.4 Å². The van der Waals surface area contributed by atoms with Crippen LogP contribution in [0.5, 0.6) is 23.0 Å². The topological polar surface area (TPSA) is 82.1 Å². The largest absolute Gasteiger partial charge is 0.506 e. The summed E-state index contributed by atoms with van der Waals surface area (Å²) in [5, 5.41) is 13.0. The van der Waals surface area contributed by atoms with Crippen LogP contribution >= 0.6 is 22.7 Å². The van der Waals surface area contributed by atoms with Crippen molar-refractivity contribution in [2.24, 2.45) is 0 Å². The maximum atomic E-state index is 12.2. The van der Waals surface area contributed by atoms with Gasteiger partial charge in [-0.25, -0.2) is 0 Å². The second-order valence-electron chi connectivity index (χ2n) is 6.57. The maximum Gasteiger partial charge on any atom is 0.206 e. The van der Waals surface area contributed by atoms with Crippen molar-refractivity contribution in [3.63, 3.8) is 0 Å². The molecule has 0 spiro atoms. The number of hydrogen-bond acceptors (Lipinski definition) is 8. The maximum absolute atomic E-state index is 12.2. The van der Waals surface area contributed by atoms with Crippen LogP contribution in [0.3, 0.4) is 0 Å². The SMILES string of the molecule is COc1ccc(C(=O)c2sccc2O)cc1.COc1ccc(C(=O)c2sccc2OC)cc1. The summed E-state index contributed by atoms with van der Waals surface area (Å²) in [5.41, 5.74) is 1.17. The molecule has 0 saturated carbocycles. The van der Waals surface area contributed by atoms with E-state index in [1.165, 1.54) is 28.7 Å². The number of thiophene rings is 2. The molecule has 0 atom stereocenters. The molecular formula is C25H22O6S2. The van der Waals surface area contributed by atoms with Crippen LogP contribution in [0.4, 0.5) is 0 Å². The van der Waals surface area contributed by atoms with Gasteiger partial charge in [0.25, 0.3) is 0 Å². The van der Waals surface area contributed by atoms with E-state index in [-0.39, 0.29) is 17.3 Å². The second-order valence-corrected chi connectivity index (χ2v) is 8.40. The van der Waals surface area contributed by atoms with Gasteiger partial charge in [-0.3, -0.25) is 9.59 Å². The molecule has 0 aliphatic carbocycles. The summed E-state index contributed by atoms with van der Waals surface area (Å²) in [6.07, 6.45) is 0. The highest BCUT2D eigenvalue weighted by molar-refractivity contribution is 7.13. The van der Waals surface area contributed by atoms with E-state index < -0.39 is 0 Å². The molecule has 0 radical (unpaired) electrons. The summed E-state index contributed by atoms with van der Waals surface area (Å²) < 4.78 is 15.2. The van der Waals surface area contributed by atoms with Gasteiger partial charge in [-0.05, 0) is 71.4 Å². The lowest BCUT2D eigenvalue weighted by Gasteiger charge is -2.03. The van der Waals surface area contributed by atoms with E-state index in [2.05, 4.69) is 0 Å². The average Bonchev–Trinajstić information content (AvgIpc) is 3.52. The third-order valence-electron chi connectivity index (χ3n) is 4.61. The summed E-state index contributed by atoms with van der Waals surface area (Å²) in [6, 6.07) is 17.2. The second kappa shape index (κ2) is 11.3. The van der Waals surface area contributed by atoms with Gasteiger partial charge >= 0.3 is 0 Å². The number of aromatic hydroxyl groups is 1. The minimum absolute atomic E-state index is 0.0282. The Labute approximate surface area is 199 Å². The first-order valence-corrected chi connectivity index (χ1v) is 11.5. The molecule has 0 saturated heterocycles. The predicted octanol–water partition coefficient (Wildman–Crippen LogP) is 5.69. The Bertz CT molecular complexity index is 1210. The van der Waals surface area contributed by atoms with Gasteiger partial charge in [-0.2, -0.15) is 0 Å². The summed E-state index contributed by atoms with van der Waals surface area (Å²) in [5.74, 6) is 1.89. The minimum Gasteiger partial charge on any atom is -0.506 e. The van der Waals surface area contributed by atoms with Crippen molar-refractivity contribution in [1.82, 2.24) is 0 Å². The number of carbonyl (C=O) groups excluding carboxylic acids is 2. The molecule has 0 amide bonds. The van der Waals surface area contributed by atoms with Crippen molar-refractivity contribution in [2.45, 2.75) is 0 Å². The van der Waals surface area contributed by atoms with Crippen molar-refractivity contribution >= 4 is 34.2 Å². The lowest BCUT2D eigenvalue weighted by Crippen LogP contribution is -2.00. The molecule has 2 aromatic heterocycles. The van der Waals surface area contributed by atoms with Gasteiger partial charge in [-0.1, -0.05) is 0 Å². The fourth-order valence-electron chi connectivity index (χ4n) is 2.84. The van der Waals surface area contributed by atoms with Crippen LogP contribution in [0.2, 0.25) is 0 Å². The number of rotatable bonds is 7. The summed E-state index contributed by atoms with van der Waals surface area (Å²) in [7, 11) is 4.73. The number of ether oxygens (including phenoxy) is 3. The highest BCUT2D eigenvalue weighted by Gasteiger charge is 2.16. The van der Waals surface area contributed by atoms with Gasteiger partial charge in [0.05, 0.1) is 21.3 Å². The molecular weight excluding hydrogens is 460 g/mol. The molecule has 2 heterocycles. The van der Waals surface area contributed by atoms with Gasteiger partial charge in [0.1, 0.15) is 32.8 Å². The minimum atomic E-state index is -0.171. The van der Waals surface area contributed by atoms with Crippen molar-refractivity contribution < 1.29 is 28.9 Å². The zero-order chi connectivity index (χ0) is 23.8. The first-order chi connectivity index (χ1) is 16.0. The fourth-order valence-corrected chi connectivity index (χ4v) is 4.41. The monoisotopic (exact) mass is 482 g/mol. The van der Waals surface area contributed by atoms with E-state index >= 15 is 0 Å². The van der Waals surface area contributed by atoms with Gasteiger partial charge in [0.15, 0.2) is 0 Å².